The van der Waals surface area contributed by atoms with Crippen LogP contribution in [0, 0.1) is 0 Å². The number of halogens is 5. The molecule has 0 atom stereocenters. The fourth-order valence-corrected chi connectivity index (χ4v) is 6.54. The zero-order chi connectivity index (χ0) is 30.2. The molecule has 10 nitrogen and oxygen atoms in total. The number of aromatic amines is 1. The van der Waals surface area contributed by atoms with Gasteiger partial charge in [-0.1, -0.05) is 52.2 Å². The number of nitrogens with one attached hydrogen (secondary N) is 2. The third-order valence-corrected chi connectivity index (χ3v) is 8.98. The van der Waals surface area contributed by atoms with Crippen molar-refractivity contribution >= 4 is 64.2 Å². The number of carbonyl (C=O) groups is 2. The highest BCUT2D eigenvalue weighted by atomic mass is 35.5. The molecule has 3 amide bonds. The van der Waals surface area contributed by atoms with Crippen LogP contribution < -0.4 is 15.8 Å². The predicted octanol–water partition coefficient (Wildman–Crippen LogP) is 7.01. The van der Waals surface area contributed by atoms with Crippen LogP contribution in [-0.4, -0.2) is 34.9 Å². The lowest BCUT2D eigenvalue weighted by molar-refractivity contribution is 0.0740. The molecule has 0 radical (unpaired) electrons. The van der Waals surface area contributed by atoms with Crippen molar-refractivity contribution in [1.29, 1.82) is 0 Å². The van der Waals surface area contributed by atoms with E-state index >= 15 is 0 Å². The smallest absolute Gasteiger partial charge is 0.338 e. The molecular weight excluding hydrogens is 635 g/mol. The Kier molecular flexibility index (Phi) is 8.58. The van der Waals surface area contributed by atoms with Gasteiger partial charge in [-0.15, -0.1) is 0 Å². The van der Waals surface area contributed by atoms with Crippen LogP contribution in [-0.2, 0) is 25.0 Å². The van der Waals surface area contributed by atoms with Gasteiger partial charge in [0.1, 0.15) is 11.3 Å². The van der Waals surface area contributed by atoms with Gasteiger partial charge in [0.15, 0.2) is 0 Å². The van der Waals surface area contributed by atoms with E-state index in [1.807, 2.05) is 4.98 Å². The first-order valence-electron chi connectivity index (χ1n) is 12.4. The van der Waals surface area contributed by atoms with Crippen molar-refractivity contribution in [3.05, 3.63) is 95.2 Å². The zero-order valence-electron chi connectivity index (χ0n) is 21.5. The summed E-state index contributed by atoms with van der Waals surface area (Å²) in [6.45, 7) is 1.12. The molecule has 1 saturated heterocycles. The van der Waals surface area contributed by atoms with Gasteiger partial charge in [0, 0.05) is 46.6 Å². The monoisotopic (exact) mass is 653 g/mol. The van der Waals surface area contributed by atoms with Gasteiger partial charge < -0.3 is 15.2 Å². The Morgan fingerprint density at radius 3 is 2.48 bits per heavy atom. The summed E-state index contributed by atoms with van der Waals surface area (Å²) in [5.74, 6) is -0.726. The highest BCUT2D eigenvalue weighted by Crippen LogP contribution is 2.42. The lowest BCUT2D eigenvalue weighted by Gasteiger charge is -2.29. The Morgan fingerprint density at radius 1 is 1.14 bits per heavy atom. The van der Waals surface area contributed by atoms with Crippen molar-refractivity contribution in [3.8, 4) is 0 Å². The molecule has 1 fully saturated rings. The van der Waals surface area contributed by atoms with Crippen molar-refractivity contribution in [3.63, 3.8) is 0 Å². The summed E-state index contributed by atoms with van der Waals surface area (Å²) in [5.41, 5.74) is 9.11. The van der Waals surface area contributed by atoms with E-state index in [1.54, 1.807) is 23.1 Å². The standard InChI is InChI=1S/C26H20Cl3F2N7O3S/c27-16-3-1-4-17(28)22(16)42-19-9-20(26(29,30)31)35-23(39)21(19)24(40)37-11-14-7-13(10-34-36-32)18(8-15(14)12-37)38-6-2-5-33-25(38)41/h1,3-4,7-9H,2,5-6,10-12H2,(H,33,41)(H,35,39). The van der Waals surface area contributed by atoms with Crippen molar-refractivity contribution < 1.29 is 18.4 Å². The van der Waals surface area contributed by atoms with Crippen LogP contribution in [0.3, 0.4) is 0 Å². The molecule has 0 unspecified atom stereocenters. The number of azide groups is 1. The Hall–Kier alpha value is -3.48. The van der Waals surface area contributed by atoms with Crippen molar-refractivity contribution in [1.82, 2.24) is 15.2 Å². The summed E-state index contributed by atoms with van der Waals surface area (Å²) in [7, 11) is 0. The molecular formula is C26H20Cl3F2N7O3S. The topological polar surface area (TPSA) is 134 Å². The van der Waals surface area contributed by atoms with E-state index in [4.69, 9.17) is 40.3 Å². The summed E-state index contributed by atoms with van der Waals surface area (Å²) >= 11 is 18.6. The normalized spacial score (nSPS) is 14.8. The lowest BCUT2D eigenvalue weighted by Crippen LogP contribution is -2.46. The largest absolute Gasteiger partial charge is 0.362 e. The molecule has 5 rings (SSSR count). The molecule has 16 heteroatoms. The quantitative estimate of drug-likeness (QED) is 0.123. The zero-order valence-corrected chi connectivity index (χ0v) is 24.5. The number of pyridine rings is 1. The SMILES string of the molecule is [N-]=[N+]=NCc1cc2c(cc1N1CCCNC1=O)CN(C(=O)c1c(Sc3c(Cl)cccc3Cl)cc(C(F)(F)Cl)[nH]c1=O)C2. The summed E-state index contributed by atoms with van der Waals surface area (Å²) in [5, 5.41) is 2.91. The minimum absolute atomic E-state index is 0.0238. The highest BCUT2D eigenvalue weighted by molar-refractivity contribution is 7.99. The van der Waals surface area contributed by atoms with Crippen molar-refractivity contribution in [2.75, 3.05) is 18.0 Å². The van der Waals surface area contributed by atoms with Crippen molar-refractivity contribution in [2.24, 2.45) is 5.11 Å². The molecule has 42 heavy (non-hydrogen) atoms. The number of alkyl halides is 3. The maximum Gasteiger partial charge on any atom is 0.362 e. The van der Waals surface area contributed by atoms with E-state index in [9.17, 15) is 23.2 Å². The fourth-order valence-electron chi connectivity index (χ4n) is 4.80. The van der Waals surface area contributed by atoms with Crippen LogP contribution in [0.25, 0.3) is 10.4 Å². The highest BCUT2D eigenvalue weighted by Gasteiger charge is 2.35. The van der Waals surface area contributed by atoms with Gasteiger partial charge in [0.05, 0.1) is 16.6 Å². The third-order valence-electron chi connectivity index (χ3n) is 6.73. The number of hydrogen-bond donors (Lipinski definition) is 2. The molecule has 2 aromatic carbocycles. The number of H-pyrrole nitrogens is 1. The number of benzene rings is 2. The van der Waals surface area contributed by atoms with E-state index in [0.717, 1.165) is 23.4 Å². The Morgan fingerprint density at radius 2 is 1.83 bits per heavy atom. The van der Waals surface area contributed by atoms with Gasteiger partial charge in [-0.2, -0.15) is 8.78 Å². The molecule has 0 saturated carbocycles. The Balaban J connectivity index is 1.53. The van der Waals surface area contributed by atoms with Gasteiger partial charge in [0.25, 0.3) is 11.5 Å². The molecule has 2 aliphatic heterocycles. The molecule has 1 aromatic heterocycles. The van der Waals surface area contributed by atoms with Crippen LogP contribution in [0.2, 0.25) is 10.0 Å². The average Bonchev–Trinajstić information content (AvgIpc) is 3.36. The predicted molar refractivity (Wildman–Crippen MR) is 156 cm³/mol. The van der Waals surface area contributed by atoms with Gasteiger partial charge in [-0.05, 0) is 64.5 Å². The number of fused-ring (bicyclic) bond motifs is 1. The molecule has 3 heterocycles. The second-order valence-corrected chi connectivity index (χ2v) is 11.8. The van der Waals surface area contributed by atoms with Gasteiger partial charge in [-0.25, -0.2) is 4.79 Å². The van der Waals surface area contributed by atoms with E-state index in [1.165, 1.54) is 17.0 Å². The van der Waals surface area contributed by atoms with E-state index in [-0.39, 0.29) is 45.5 Å². The second-order valence-electron chi connectivity index (χ2n) is 9.44. The first kappa shape index (κ1) is 30.0. The Bertz CT molecular complexity index is 1690. The van der Waals surface area contributed by atoms with E-state index in [2.05, 4.69) is 15.3 Å². The number of rotatable bonds is 7. The van der Waals surface area contributed by atoms with E-state index in [0.29, 0.717) is 36.3 Å². The van der Waals surface area contributed by atoms with Crippen LogP contribution in [0.15, 0.2) is 56.1 Å². The maximum atomic E-state index is 14.0. The molecule has 3 aromatic rings. The number of aromatic nitrogens is 1. The summed E-state index contributed by atoms with van der Waals surface area (Å²) < 4.78 is 28.1. The van der Waals surface area contributed by atoms with Crippen LogP contribution in [0.5, 0.6) is 0 Å². The van der Waals surface area contributed by atoms with Crippen LogP contribution in [0.1, 0.15) is 39.2 Å². The lowest BCUT2D eigenvalue weighted by atomic mass is 10.0. The number of hydrogen-bond acceptors (Lipinski definition) is 5. The first-order chi connectivity index (χ1) is 20.0. The summed E-state index contributed by atoms with van der Waals surface area (Å²) in [6.07, 6.45) is 0.713. The number of urea groups is 1. The summed E-state index contributed by atoms with van der Waals surface area (Å²) in [6, 6.07) is 8.82. The Labute approximate surface area is 256 Å². The number of amides is 3. The van der Waals surface area contributed by atoms with Gasteiger partial charge >= 0.3 is 11.4 Å². The maximum absolute atomic E-state index is 14.0. The molecule has 0 bridgehead atoms. The number of nitrogens with zero attached hydrogens (tertiary/aromatic N) is 5. The van der Waals surface area contributed by atoms with Crippen LogP contribution in [0.4, 0.5) is 19.3 Å². The third kappa shape index (κ3) is 6.02. The summed E-state index contributed by atoms with van der Waals surface area (Å²) in [4.78, 5) is 47.5. The number of carbonyl (C=O) groups excluding carboxylic acids is 2. The second kappa shape index (κ2) is 12.0. The molecule has 2 N–H and O–H groups in total. The molecule has 0 spiro atoms. The first-order valence-corrected chi connectivity index (χ1v) is 14.4. The van der Waals surface area contributed by atoms with E-state index < -0.39 is 28.1 Å². The average molecular weight is 655 g/mol. The van der Waals surface area contributed by atoms with Gasteiger partial charge in [0.2, 0.25) is 0 Å². The molecule has 2 aliphatic rings. The van der Waals surface area contributed by atoms with Gasteiger partial charge in [-0.3, -0.25) is 14.5 Å². The number of anilines is 1. The minimum Gasteiger partial charge on any atom is -0.338 e. The molecule has 218 valence electrons. The minimum atomic E-state index is -3.91. The van der Waals surface area contributed by atoms with Crippen molar-refractivity contribution in [2.45, 2.75) is 41.2 Å². The van der Waals surface area contributed by atoms with Crippen LogP contribution >= 0.6 is 46.6 Å². The fraction of sp³-hybridized carbons (Fsp3) is 0.269. The molecule has 0 aliphatic carbocycles.